The summed E-state index contributed by atoms with van der Waals surface area (Å²) in [4.78, 5) is 0. The van der Waals surface area contributed by atoms with Gasteiger partial charge in [-0.05, 0) is 18.1 Å². The van der Waals surface area contributed by atoms with E-state index >= 15 is 0 Å². The number of alkyl halides is 3. The van der Waals surface area contributed by atoms with Crippen LogP contribution in [0.3, 0.4) is 0 Å². The van der Waals surface area contributed by atoms with E-state index in [1.807, 2.05) is 6.92 Å². The van der Waals surface area contributed by atoms with Gasteiger partial charge >= 0.3 is 6.36 Å². The van der Waals surface area contributed by atoms with Crippen LogP contribution in [0, 0.1) is 0 Å². The van der Waals surface area contributed by atoms with Gasteiger partial charge in [-0.25, -0.2) is 0 Å². The van der Waals surface area contributed by atoms with Gasteiger partial charge in [-0.1, -0.05) is 31.5 Å². The minimum absolute atomic E-state index is 0.0955. The van der Waals surface area contributed by atoms with Gasteiger partial charge in [0.15, 0.2) is 0 Å². The summed E-state index contributed by atoms with van der Waals surface area (Å²) in [5.41, 5.74) is 0.590. The van der Waals surface area contributed by atoms with Gasteiger partial charge in [0.25, 0.3) is 0 Å². The van der Waals surface area contributed by atoms with E-state index in [4.69, 9.17) is 0 Å². The third-order valence-electron chi connectivity index (χ3n) is 1.72. The zero-order chi connectivity index (χ0) is 10.6. The van der Waals surface area contributed by atoms with Crippen LogP contribution in [0.5, 0.6) is 5.75 Å². The van der Waals surface area contributed by atoms with Gasteiger partial charge in [0, 0.05) is 0 Å². The summed E-state index contributed by atoms with van der Waals surface area (Å²) >= 11 is 0. The maximum absolute atomic E-state index is 11.9. The highest BCUT2D eigenvalue weighted by atomic mass is 19.4. The Bertz CT molecular complexity index is 294. The molecule has 0 N–H and O–H groups in total. The molecule has 0 unspecified atom stereocenters. The van der Waals surface area contributed by atoms with Crippen LogP contribution in [-0.4, -0.2) is 6.36 Å². The van der Waals surface area contributed by atoms with Crippen LogP contribution in [0.2, 0.25) is 0 Å². The number of rotatable bonds is 3. The van der Waals surface area contributed by atoms with Crippen LogP contribution < -0.4 is 4.74 Å². The standard InChI is InChI=1S/C10H11F3O/c1-2-5-8-6-3-4-7-9(8)14-10(11,12)13/h3-4,6-7H,2,5H2,1H3. The molecule has 0 aliphatic rings. The molecule has 1 aromatic carbocycles. The minimum Gasteiger partial charge on any atom is -0.406 e. The summed E-state index contributed by atoms with van der Waals surface area (Å²) in [6.45, 7) is 1.91. The van der Waals surface area contributed by atoms with Gasteiger partial charge in [0.05, 0.1) is 0 Å². The van der Waals surface area contributed by atoms with Crippen LogP contribution in [-0.2, 0) is 6.42 Å². The Morgan fingerprint density at radius 3 is 2.43 bits per heavy atom. The largest absolute Gasteiger partial charge is 0.573 e. The van der Waals surface area contributed by atoms with Gasteiger partial charge in [-0.2, -0.15) is 0 Å². The molecule has 78 valence electrons. The zero-order valence-corrected chi connectivity index (χ0v) is 7.77. The van der Waals surface area contributed by atoms with Crippen LogP contribution in [0.4, 0.5) is 13.2 Å². The van der Waals surface area contributed by atoms with Crippen molar-refractivity contribution in [2.24, 2.45) is 0 Å². The van der Waals surface area contributed by atoms with E-state index in [0.717, 1.165) is 6.42 Å². The Labute approximate surface area is 80.5 Å². The van der Waals surface area contributed by atoms with E-state index in [0.29, 0.717) is 12.0 Å². The van der Waals surface area contributed by atoms with Crippen molar-refractivity contribution in [3.05, 3.63) is 29.8 Å². The summed E-state index contributed by atoms with van der Waals surface area (Å²) in [6, 6.07) is 6.21. The molecule has 0 spiro atoms. The van der Waals surface area contributed by atoms with E-state index in [1.165, 1.54) is 12.1 Å². The molecule has 0 radical (unpaired) electrons. The molecule has 14 heavy (non-hydrogen) atoms. The van der Waals surface area contributed by atoms with Crippen molar-refractivity contribution in [1.29, 1.82) is 0 Å². The van der Waals surface area contributed by atoms with Gasteiger partial charge in [-0.15, -0.1) is 13.2 Å². The van der Waals surface area contributed by atoms with Crippen molar-refractivity contribution in [2.75, 3.05) is 0 Å². The topological polar surface area (TPSA) is 9.23 Å². The lowest BCUT2D eigenvalue weighted by molar-refractivity contribution is -0.274. The molecule has 4 heteroatoms. The predicted octanol–water partition coefficient (Wildman–Crippen LogP) is 3.54. The molecule has 1 nitrogen and oxygen atoms in total. The van der Waals surface area contributed by atoms with Crippen LogP contribution in [0.1, 0.15) is 18.9 Å². The number of aryl methyl sites for hydroxylation is 1. The molecule has 0 aliphatic carbocycles. The minimum atomic E-state index is -4.61. The number of hydrogen-bond donors (Lipinski definition) is 0. The van der Waals surface area contributed by atoms with Gasteiger partial charge < -0.3 is 4.74 Å². The maximum Gasteiger partial charge on any atom is 0.573 e. The number of hydrogen-bond acceptors (Lipinski definition) is 1. The van der Waals surface area contributed by atoms with E-state index in [1.54, 1.807) is 12.1 Å². The molecule has 0 aromatic heterocycles. The Kier molecular flexibility index (Phi) is 3.38. The Morgan fingerprint density at radius 2 is 1.86 bits per heavy atom. The normalized spacial score (nSPS) is 11.4. The Morgan fingerprint density at radius 1 is 1.21 bits per heavy atom. The fraction of sp³-hybridized carbons (Fsp3) is 0.400. The van der Waals surface area contributed by atoms with Gasteiger partial charge in [0.1, 0.15) is 5.75 Å². The molecule has 0 aliphatic heterocycles. The molecule has 0 bridgehead atoms. The quantitative estimate of drug-likeness (QED) is 0.731. The monoisotopic (exact) mass is 204 g/mol. The summed E-state index contributed by atoms with van der Waals surface area (Å²) < 4.78 is 39.7. The summed E-state index contributed by atoms with van der Waals surface area (Å²) in [6.07, 6.45) is -3.23. The average molecular weight is 204 g/mol. The van der Waals surface area contributed by atoms with E-state index in [2.05, 4.69) is 4.74 Å². The summed E-state index contributed by atoms with van der Waals surface area (Å²) in [5, 5.41) is 0. The van der Waals surface area contributed by atoms with Crippen molar-refractivity contribution in [3.63, 3.8) is 0 Å². The second kappa shape index (κ2) is 4.35. The summed E-state index contributed by atoms with van der Waals surface area (Å²) in [7, 11) is 0. The lowest BCUT2D eigenvalue weighted by atomic mass is 10.1. The van der Waals surface area contributed by atoms with Gasteiger partial charge in [-0.3, -0.25) is 0 Å². The SMILES string of the molecule is CCCc1ccccc1OC(F)(F)F. The molecule has 0 saturated heterocycles. The third-order valence-corrected chi connectivity index (χ3v) is 1.72. The molecule has 0 saturated carbocycles. The fourth-order valence-corrected chi connectivity index (χ4v) is 1.20. The number of halogens is 3. The van der Waals surface area contributed by atoms with Crippen molar-refractivity contribution in [3.8, 4) is 5.75 Å². The second-order valence-corrected chi connectivity index (χ2v) is 2.91. The smallest absolute Gasteiger partial charge is 0.406 e. The first-order valence-corrected chi connectivity index (χ1v) is 4.36. The maximum atomic E-state index is 11.9. The number of benzene rings is 1. The first-order chi connectivity index (χ1) is 6.53. The Balaban J connectivity index is 2.84. The number of ether oxygens (including phenoxy) is 1. The molecule has 0 fully saturated rings. The lowest BCUT2D eigenvalue weighted by Crippen LogP contribution is -2.18. The fourth-order valence-electron chi connectivity index (χ4n) is 1.20. The first-order valence-electron chi connectivity index (χ1n) is 4.36. The van der Waals surface area contributed by atoms with Crippen molar-refractivity contribution in [2.45, 2.75) is 26.1 Å². The molecule has 1 aromatic rings. The molecule has 1 rings (SSSR count). The van der Waals surface area contributed by atoms with E-state index in [-0.39, 0.29) is 5.75 Å². The molecular weight excluding hydrogens is 193 g/mol. The summed E-state index contributed by atoms with van der Waals surface area (Å²) in [5.74, 6) is -0.0955. The lowest BCUT2D eigenvalue weighted by Gasteiger charge is -2.12. The van der Waals surface area contributed by atoms with Gasteiger partial charge in [0.2, 0.25) is 0 Å². The molecular formula is C10H11F3O. The third kappa shape index (κ3) is 3.28. The van der Waals surface area contributed by atoms with Crippen molar-refractivity contribution in [1.82, 2.24) is 0 Å². The predicted molar refractivity (Wildman–Crippen MR) is 47.1 cm³/mol. The van der Waals surface area contributed by atoms with E-state index in [9.17, 15) is 13.2 Å². The molecule has 0 atom stereocenters. The highest BCUT2D eigenvalue weighted by molar-refractivity contribution is 5.33. The van der Waals surface area contributed by atoms with Crippen LogP contribution in [0.15, 0.2) is 24.3 Å². The second-order valence-electron chi connectivity index (χ2n) is 2.91. The first kappa shape index (κ1) is 10.9. The highest BCUT2D eigenvalue weighted by Gasteiger charge is 2.31. The molecule has 0 amide bonds. The van der Waals surface area contributed by atoms with Crippen molar-refractivity contribution < 1.29 is 17.9 Å². The zero-order valence-electron chi connectivity index (χ0n) is 7.77. The van der Waals surface area contributed by atoms with Crippen LogP contribution in [0.25, 0.3) is 0 Å². The number of para-hydroxylation sites is 1. The highest BCUT2D eigenvalue weighted by Crippen LogP contribution is 2.26. The average Bonchev–Trinajstić information content (AvgIpc) is 2.06. The van der Waals surface area contributed by atoms with E-state index < -0.39 is 6.36 Å². The molecule has 0 heterocycles. The Hall–Kier alpha value is -1.19. The van der Waals surface area contributed by atoms with Crippen LogP contribution >= 0.6 is 0 Å². The van der Waals surface area contributed by atoms with Crippen molar-refractivity contribution >= 4 is 0 Å².